The fourth-order valence-corrected chi connectivity index (χ4v) is 3.41. The predicted octanol–water partition coefficient (Wildman–Crippen LogP) is 3.39. The maximum absolute atomic E-state index is 11.0. The van der Waals surface area contributed by atoms with Gasteiger partial charge in [0, 0.05) is 0 Å². The number of hydrogen-bond acceptors (Lipinski definition) is 5. The van der Waals surface area contributed by atoms with E-state index >= 15 is 0 Å². The van der Waals surface area contributed by atoms with Gasteiger partial charge in [-0.2, -0.15) is 8.42 Å². The molecule has 0 aliphatic carbocycles. The van der Waals surface area contributed by atoms with E-state index in [1.54, 1.807) is 0 Å². The van der Waals surface area contributed by atoms with E-state index in [0.29, 0.717) is 5.69 Å². The molecule has 0 aliphatic heterocycles. The molecule has 8 heteroatoms. The lowest BCUT2D eigenvalue weighted by Crippen LogP contribution is -2.25. The van der Waals surface area contributed by atoms with Crippen molar-refractivity contribution in [1.29, 1.82) is 0 Å². The van der Waals surface area contributed by atoms with Crippen LogP contribution in [0.1, 0.15) is 0 Å². The first-order valence-electron chi connectivity index (χ1n) is 6.32. The lowest BCUT2D eigenvalue weighted by atomic mass is 10.3. The third-order valence-electron chi connectivity index (χ3n) is 3.10. The molecular formula is C14H12N3O3S2+. The maximum atomic E-state index is 11.0. The summed E-state index contributed by atoms with van der Waals surface area (Å²) in [6.45, 7) is 0. The molecule has 0 radical (unpaired) electrons. The molecule has 2 aromatic carbocycles. The van der Waals surface area contributed by atoms with Gasteiger partial charge in [-0.05, 0) is 52.8 Å². The Kier molecular flexibility index (Phi) is 3.73. The van der Waals surface area contributed by atoms with Gasteiger partial charge in [0.25, 0.3) is 10.1 Å². The molecule has 112 valence electrons. The average Bonchev–Trinajstić information content (AvgIpc) is 2.82. The highest BCUT2D eigenvalue weighted by Crippen LogP contribution is 2.27. The van der Waals surface area contributed by atoms with E-state index < -0.39 is 10.1 Å². The van der Waals surface area contributed by atoms with Crippen LogP contribution in [0.3, 0.4) is 0 Å². The summed E-state index contributed by atoms with van der Waals surface area (Å²) in [5.74, 6) is 0. The van der Waals surface area contributed by atoms with Crippen molar-refractivity contribution in [3.8, 4) is 0 Å². The number of nitrogens with zero attached hydrogens (tertiary/aromatic N) is 3. The number of fused-ring (bicyclic) bond motifs is 1. The molecule has 0 amide bonds. The summed E-state index contributed by atoms with van der Waals surface area (Å²) >= 11 is 1.52. The Morgan fingerprint density at radius 2 is 1.73 bits per heavy atom. The molecule has 1 heterocycles. The lowest BCUT2D eigenvalue weighted by molar-refractivity contribution is -0.627. The van der Waals surface area contributed by atoms with Gasteiger partial charge >= 0.3 is 5.13 Å². The fourth-order valence-electron chi connectivity index (χ4n) is 1.96. The summed E-state index contributed by atoms with van der Waals surface area (Å²) in [7, 11) is -2.27. The zero-order chi connectivity index (χ0) is 15.7. The molecule has 0 unspecified atom stereocenters. The number of aryl methyl sites for hydroxylation is 1. The standard InChI is InChI=1S/C14H11N3O3S2/c1-17-12-4-2-3-5-13(12)21-14(17)16-15-10-6-8-11(9-7-10)22(18,19)20/h2-9H,1H3/p+1. The van der Waals surface area contributed by atoms with E-state index in [0.717, 1.165) is 15.3 Å². The van der Waals surface area contributed by atoms with Gasteiger partial charge in [-0.15, -0.1) is 0 Å². The normalized spacial score (nSPS) is 12.3. The highest BCUT2D eigenvalue weighted by molar-refractivity contribution is 7.85. The molecule has 0 fully saturated rings. The van der Waals surface area contributed by atoms with Gasteiger partial charge in [-0.3, -0.25) is 4.55 Å². The minimum absolute atomic E-state index is 0.168. The van der Waals surface area contributed by atoms with Crippen LogP contribution in [0, 0.1) is 0 Å². The fraction of sp³-hybridized carbons (Fsp3) is 0.0714. The van der Waals surface area contributed by atoms with Crippen LogP contribution in [0.4, 0.5) is 10.8 Å². The molecular weight excluding hydrogens is 322 g/mol. The van der Waals surface area contributed by atoms with Crippen molar-refractivity contribution in [2.75, 3.05) is 0 Å². The first-order valence-corrected chi connectivity index (χ1v) is 8.58. The van der Waals surface area contributed by atoms with E-state index in [9.17, 15) is 8.42 Å². The molecule has 0 aliphatic rings. The predicted molar refractivity (Wildman–Crippen MR) is 83.4 cm³/mol. The summed E-state index contributed by atoms with van der Waals surface area (Å²) in [4.78, 5) is -0.168. The number of aromatic nitrogens is 1. The Bertz CT molecular complexity index is 961. The van der Waals surface area contributed by atoms with Crippen molar-refractivity contribution in [2.24, 2.45) is 17.3 Å². The van der Waals surface area contributed by atoms with Crippen LogP contribution in [-0.4, -0.2) is 13.0 Å². The minimum atomic E-state index is -4.19. The third kappa shape index (κ3) is 2.89. The summed E-state index contributed by atoms with van der Waals surface area (Å²) in [5, 5.41) is 9.03. The number of rotatable bonds is 3. The van der Waals surface area contributed by atoms with Crippen molar-refractivity contribution < 1.29 is 17.5 Å². The van der Waals surface area contributed by atoms with Crippen LogP contribution in [0.2, 0.25) is 0 Å². The molecule has 1 N–H and O–H groups in total. The first-order chi connectivity index (χ1) is 10.4. The number of para-hydroxylation sites is 1. The quantitative estimate of drug-likeness (QED) is 0.453. The van der Waals surface area contributed by atoms with Crippen molar-refractivity contribution in [3.63, 3.8) is 0 Å². The number of hydrogen-bond donors (Lipinski definition) is 1. The average molecular weight is 334 g/mol. The Morgan fingerprint density at radius 3 is 2.36 bits per heavy atom. The van der Waals surface area contributed by atoms with Gasteiger partial charge < -0.3 is 0 Å². The molecule has 3 aromatic rings. The van der Waals surface area contributed by atoms with Gasteiger partial charge in [0.15, 0.2) is 0 Å². The zero-order valence-electron chi connectivity index (χ0n) is 11.5. The molecule has 0 saturated carbocycles. The summed E-state index contributed by atoms with van der Waals surface area (Å²) in [6.07, 6.45) is 0. The maximum Gasteiger partial charge on any atom is 0.409 e. The Balaban J connectivity index is 1.91. The molecule has 0 bridgehead atoms. The molecule has 0 atom stereocenters. The first kappa shape index (κ1) is 14.8. The van der Waals surface area contributed by atoms with Crippen LogP contribution in [0.5, 0.6) is 0 Å². The smallest absolute Gasteiger partial charge is 0.282 e. The highest BCUT2D eigenvalue weighted by atomic mass is 32.2. The Morgan fingerprint density at radius 1 is 1.05 bits per heavy atom. The molecule has 3 rings (SSSR count). The lowest BCUT2D eigenvalue weighted by Gasteiger charge is -1.94. The van der Waals surface area contributed by atoms with Crippen molar-refractivity contribution in [2.45, 2.75) is 4.90 Å². The van der Waals surface area contributed by atoms with Gasteiger partial charge in [0.1, 0.15) is 11.2 Å². The number of azo groups is 1. The van der Waals surface area contributed by atoms with E-state index in [4.69, 9.17) is 4.55 Å². The molecule has 6 nitrogen and oxygen atoms in total. The SMILES string of the molecule is C[n+]1c(N=Nc2ccc(S(=O)(=O)O)cc2)sc2ccccc21. The summed E-state index contributed by atoms with van der Waals surface area (Å²) < 4.78 is 33.9. The van der Waals surface area contributed by atoms with Crippen LogP contribution >= 0.6 is 11.3 Å². The van der Waals surface area contributed by atoms with Gasteiger partial charge in [-0.1, -0.05) is 12.1 Å². The van der Waals surface area contributed by atoms with E-state index in [2.05, 4.69) is 10.2 Å². The molecule has 1 aromatic heterocycles. The zero-order valence-corrected chi connectivity index (χ0v) is 13.2. The summed E-state index contributed by atoms with van der Waals surface area (Å²) in [5.41, 5.74) is 1.58. The van der Waals surface area contributed by atoms with Gasteiger partial charge in [0.05, 0.1) is 21.8 Å². The minimum Gasteiger partial charge on any atom is -0.282 e. The Labute approximate surface area is 131 Å². The Hall–Kier alpha value is -2.16. The van der Waals surface area contributed by atoms with Gasteiger partial charge in [-0.25, -0.2) is 4.57 Å². The monoisotopic (exact) mass is 334 g/mol. The second-order valence-electron chi connectivity index (χ2n) is 4.58. The van der Waals surface area contributed by atoms with Crippen LogP contribution in [0.15, 0.2) is 63.7 Å². The number of benzene rings is 2. The number of thiazole rings is 1. The molecule has 0 saturated heterocycles. The second-order valence-corrected chi connectivity index (χ2v) is 7.01. The topological polar surface area (TPSA) is 83.0 Å². The van der Waals surface area contributed by atoms with Crippen molar-refractivity contribution >= 4 is 42.5 Å². The molecule has 0 spiro atoms. The van der Waals surface area contributed by atoms with Gasteiger partial charge in [0.2, 0.25) is 0 Å². The van der Waals surface area contributed by atoms with E-state index in [-0.39, 0.29) is 4.90 Å². The largest absolute Gasteiger partial charge is 0.409 e. The van der Waals surface area contributed by atoms with Crippen LogP contribution < -0.4 is 4.57 Å². The van der Waals surface area contributed by atoms with E-state index in [1.165, 1.54) is 35.6 Å². The van der Waals surface area contributed by atoms with Crippen LogP contribution in [0.25, 0.3) is 10.2 Å². The molecule has 22 heavy (non-hydrogen) atoms. The third-order valence-corrected chi connectivity index (χ3v) is 5.07. The highest BCUT2D eigenvalue weighted by Gasteiger charge is 2.15. The van der Waals surface area contributed by atoms with Crippen LogP contribution in [-0.2, 0) is 17.2 Å². The summed E-state index contributed by atoms with van der Waals surface area (Å²) in [6, 6.07) is 13.5. The second kappa shape index (κ2) is 5.56. The van der Waals surface area contributed by atoms with Crippen molar-refractivity contribution in [3.05, 3.63) is 48.5 Å². The van der Waals surface area contributed by atoms with Crippen molar-refractivity contribution in [1.82, 2.24) is 0 Å². The van der Waals surface area contributed by atoms with E-state index in [1.807, 2.05) is 35.9 Å².